The highest BCUT2D eigenvalue weighted by Crippen LogP contribution is 2.32. The first kappa shape index (κ1) is 15.2. The van der Waals surface area contributed by atoms with E-state index in [1.807, 2.05) is 24.3 Å². The summed E-state index contributed by atoms with van der Waals surface area (Å²) in [6.07, 6.45) is 3.36. The molecule has 2 aromatic carbocycles. The van der Waals surface area contributed by atoms with Crippen LogP contribution in [-0.2, 0) is 6.42 Å². The molecule has 0 saturated heterocycles. The Hall–Kier alpha value is -2.23. The summed E-state index contributed by atoms with van der Waals surface area (Å²) in [5.74, 6) is 0.567. The third kappa shape index (κ3) is 3.88. The van der Waals surface area contributed by atoms with Crippen LogP contribution in [0.25, 0.3) is 0 Å². The molecular formula is C17H20FNO2. The smallest absolute Gasteiger partial charge is 0.168 e. The van der Waals surface area contributed by atoms with Crippen LogP contribution in [0, 0.1) is 5.82 Å². The second kappa shape index (κ2) is 6.97. The zero-order valence-electron chi connectivity index (χ0n) is 12.4. The van der Waals surface area contributed by atoms with Gasteiger partial charge in [0.15, 0.2) is 11.6 Å². The Morgan fingerprint density at radius 3 is 2.43 bits per heavy atom. The van der Waals surface area contributed by atoms with Gasteiger partial charge in [0, 0.05) is 12.1 Å². The SMILES string of the molecule is CCCCc1ccc(Oc2cc(OC)c(N)cc2F)cc1. The molecular weight excluding hydrogens is 269 g/mol. The molecule has 0 radical (unpaired) electrons. The minimum Gasteiger partial charge on any atom is -0.494 e. The Bertz CT molecular complexity index is 596. The fourth-order valence-electron chi connectivity index (χ4n) is 2.04. The zero-order valence-corrected chi connectivity index (χ0v) is 12.4. The summed E-state index contributed by atoms with van der Waals surface area (Å²) in [6, 6.07) is 10.3. The maximum atomic E-state index is 13.8. The number of benzene rings is 2. The number of aryl methyl sites for hydroxylation is 1. The number of rotatable bonds is 6. The van der Waals surface area contributed by atoms with Gasteiger partial charge < -0.3 is 15.2 Å². The van der Waals surface area contributed by atoms with Crippen LogP contribution in [0.2, 0.25) is 0 Å². The molecule has 0 bridgehead atoms. The second-order valence-corrected chi connectivity index (χ2v) is 4.87. The van der Waals surface area contributed by atoms with Crippen molar-refractivity contribution in [3.05, 3.63) is 47.8 Å². The average molecular weight is 289 g/mol. The van der Waals surface area contributed by atoms with Gasteiger partial charge in [-0.15, -0.1) is 0 Å². The van der Waals surface area contributed by atoms with Gasteiger partial charge in [-0.2, -0.15) is 0 Å². The van der Waals surface area contributed by atoms with Crippen LogP contribution in [0.3, 0.4) is 0 Å². The molecule has 3 nitrogen and oxygen atoms in total. The number of methoxy groups -OCH3 is 1. The van der Waals surface area contributed by atoms with Gasteiger partial charge in [-0.25, -0.2) is 4.39 Å². The maximum absolute atomic E-state index is 13.8. The van der Waals surface area contributed by atoms with Gasteiger partial charge in [0.25, 0.3) is 0 Å². The van der Waals surface area contributed by atoms with E-state index in [9.17, 15) is 4.39 Å². The minimum atomic E-state index is -0.511. The van der Waals surface area contributed by atoms with E-state index in [1.54, 1.807) is 0 Å². The van der Waals surface area contributed by atoms with Crippen molar-refractivity contribution in [3.8, 4) is 17.2 Å². The number of halogens is 1. The van der Waals surface area contributed by atoms with Crippen molar-refractivity contribution in [1.29, 1.82) is 0 Å². The van der Waals surface area contributed by atoms with E-state index in [-0.39, 0.29) is 11.4 Å². The largest absolute Gasteiger partial charge is 0.494 e. The molecule has 2 N–H and O–H groups in total. The predicted molar refractivity (Wildman–Crippen MR) is 82.5 cm³/mol. The van der Waals surface area contributed by atoms with Gasteiger partial charge in [-0.1, -0.05) is 25.5 Å². The van der Waals surface area contributed by atoms with Gasteiger partial charge in [0.1, 0.15) is 11.5 Å². The highest BCUT2D eigenvalue weighted by atomic mass is 19.1. The summed E-state index contributed by atoms with van der Waals surface area (Å²) in [4.78, 5) is 0. The van der Waals surface area contributed by atoms with E-state index in [4.69, 9.17) is 15.2 Å². The fraction of sp³-hybridized carbons (Fsp3) is 0.294. The van der Waals surface area contributed by atoms with E-state index in [1.165, 1.54) is 24.8 Å². The van der Waals surface area contributed by atoms with Crippen molar-refractivity contribution in [2.24, 2.45) is 0 Å². The number of anilines is 1. The molecule has 0 unspecified atom stereocenters. The standard InChI is InChI=1S/C17H20FNO2/c1-3-4-5-12-6-8-13(9-7-12)21-16-11-17(20-2)15(19)10-14(16)18/h6-11H,3-5,19H2,1-2H3. The first-order valence-electron chi connectivity index (χ1n) is 7.04. The van der Waals surface area contributed by atoms with Crippen molar-refractivity contribution in [3.63, 3.8) is 0 Å². The first-order valence-corrected chi connectivity index (χ1v) is 7.04. The topological polar surface area (TPSA) is 44.5 Å². The summed E-state index contributed by atoms with van der Waals surface area (Å²) >= 11 is 0. The lowest BCUT2D eigenvalue weighted by atomic mass is 10.1. The van der Waals surface area contributed by atoms with Gasteiger partial charge in [-0.05, 0) is 30.5 Å². The summed E-state index contributed by atoms with van der Waals surface area (Å²) in [5.41, 5.74) is 7.14. The Balaban J connectivity index is 2.14. The Kier molecular flexibility index (Phi) is 5.04. The lowest BCUT2D eigenvalue weighted by Gasteiger charge is -2.11. The van der Waals surface area contributed by atoms with E-state index >= 15 is 0 Å². The number of hydrogen-bond donors (Lipinski definition) is 1. The van der Waals surface area contributed by atoms with Crippen LogP contribution < -0.4 is 15.2 Å². The Morgan fingerprint density at radius 2 is 1.81 bits per heavy atom. The summed E-state index contributed by atoms with van der Waals surface area (Å²) in [5, 5.41) is 0. The normalized spacial score (nSPS) is 10.4. The number of unbranched alkanes of at least 4 members (excludes halogenated alkanes) is 1. The van der Waals surface area contributed by atoms with E-state index in [2.05, 4.69) is 6.92 Å². The van der Waals surface area contributed by atoms with Crippen LogP contribution >= 0.6 is 0 Å². The lowest BCUT2D eigenvalue weighted by molar-refractivity contribution is 0.403. The Labute approximate surface area is 124 Å². The van der Waals surface area contributed by atoms with Crippen molar-refractivity contribution in [1.82, 2.24) is 0 Å². The van der Waals surface area contributed by atoms with E-state index in [0.717, 1.165) is 19.3 Å². The number of ether oxygens (including phenoxy) is 2. The quantitative estimate of drug-likeness (QED) is 0.793. The molecule has 0 fully saturated rings. The van der Waals surface area contributed by atoms with Gasteiger partial charge in [0.2, 0.25) is 0 Å². The molecule has 0 heterocycles. The molecule has 4 heteroatoms. The number of hydrogen-bond acceptors (Lipinski definition) is 3. The minimum absolute atomic E-state index is 0.0994. The van der Waals surface area contributed by atoms with Gasteiger partial charge in [0.05, 0.1) is 12.8 Å². The van der Waals surface area contributed by atoms with Crippen LogP contribution in [0.1, 0.15) is 25.3 Å². The number of nitrogen functional groups attached to an aromatic ring is 1. The zero-order chi connectivity index (χ0) is 15.2. The van der Waals surface area contributed by atoms with Crippen molar-refractivity contribution >= 4 is 5.69 Å². The van der Waals surface area contributed by atoms with Gasteiger partial charge in [-0.3, -0.25) is 0 Å². The van der Waals surface area contributed by atoms with E-state index < -0.39 is 5.82 Å². The van der Waals surface area contributed by atoms with E-state index in [0.29, 0.717) is 11.5 Å². The molecule has 0 saturated carbocycles. The monoisotopic (exact) mass is 289 g/mol. The molecule has 2 rings (SSSR count). The average Bonchev–Trinajstić information content (AvgIpc) is 2.49. The fourth-order valence-corrected chi connectivity index (χ4v) is 2.04. The summed E-state index contributed by atoms with van der Waals surface area (Å²) in [7, 11) is 1.48. The third-order valence-electron chi connectivity index (χ3n) is 3.25. The molecule has 0 atom stereocenters. The van der Waals surface area contributed by atoms with Crippen molar-refractivity contribution in [2.45, 2.75) is 26.2 Å². The molecule has 2 aromatic rings. The van der Waals surface area contributed by atoms with Crippen molar-refractivity contribution in [2.75, 3.05) is 12.8 Å². The molecule has 0 aliphatic heterocycles. The highest BCUT2D eigenvalue weighted by molar-refractivity contribution is 5.56. The molecule has 0 aliphatic rings. The van der Waals surface area contributed by atoms with Gasteiger partial charge >= 0.3 is 0 Å². The number of nitrogens with two attached hydrogens (primary N) is 1. The van der Waals surface area contributed by atoms with Crippen LogP contribution in [0.4, 0.5) is 10.1 Å². The first-order chi connectivity index (χ1) is 10.1. The maximum Gasteiger partial charge on any atom is 0.168 e. The van der Waals surface area contributed by atoms with Crippen LogP contribution in [0.15, 0.2) is 36.4 Å². The predicted octanol–water partition coefficient (Wildman–Crippen LogP) is 4.55. The van der Waals surface area contributed by atoms with Crippen LogP contribution in [-0.4, -0.2) is 7.11 Å². The summed E-state index contributed by atoms with van der Waals surface area (Å²) < 4.78 is 24.5. The second-order valence-electron chi connectivity index (χ2n) is 4.87. The van der Waals surface area contributed by atoms with Crippen molar-refractivity contribution < 1.29 is 13.9 Å². The third-order valence-corrected chi connectivity index (χ3v) is 3.25. The summed E-state index contributed by atoms with van der Waals surface area (Å²) in [6.45, 7) is 2.16. The molecule has 0 aliphatic carbocycles. The molecule has 0 amide bonds. The molecule has 21 heavy (non-hydrogen) atoms. The molecule has 112 valence electrons. The molecule has 0 aromatic heterocycles. The Morgan fingerprint density at radius 1 is 1.10 bits per heavy atom. The molecule has 0 spiro atoms. The lowest BCUT2D eigenvalue weighted by Crippen LogP contribution is -1.96. The van der Waals surface area contributed by atoms with Crippen LogP contribution in [0.5, 0.6) is 17.2 Å². The highest BCUT2D eigenvalue weighted by Gasteiger charge is 2.10.